The van der Waals surface area contributed by atoms with Gasteiger partial charge in [0.25, 0.3) is 0 Å². The number of Topliss-reactive ketones (excluding diaryl/α,β-unsaturated/α-hetero) is 1. The van der Waals surface area contributed by atoms with E-state index < -0.39 is 43.3 Å². The average molecular weight is 358 g/mol. The number of ketones is 1. The van der Waals surface area contributed by atoms with Crippen LogP contribution in [0, 0.1) is 0 Å². The van der Waals surface area contributed by atoms with Crippen molar-refractivity contribution in [2.45, 2.75) is 57.0 Å². The molecule has 0 aliphatic carbocycles. The number of ether oxygens (including phenoxy) is 1. The monoisotopic (exact) mass is 358 g/mol. The third-order valence-corrected chi connectivity index (χ3v) is 3.97. The number of carbonyl (C=O) groups is 2. The molecule has 0 radical (unpaired) electrons. The van der Waals surface area contributed by atoms with Crippen LogP contribution >= 0.6 is 0 Å². The van der Waals surface area contributed by atoms with E-state index in [0.29, 0.717) is 5.69 Å². The van der Waals surface area contributed by atoms with Crippen LogP contribution in [-0.2, 0) is 20.7 Å². The number of carbonyl (C=O) groups excluding carboxylic acids is 2. The Morgan fingerprint density at radius 1 is 1.28 bits per heavy atom. The number of aromatic nitrogens is 3. The van der Waals surface area contributed by atoms with E-state index in [1.807, 2.05) is 0 Å². The number of nitrogens with zero attached hydrogens (tertiary/aromatic N) is 3. The van der Waals surface area contributed by atoms with Crippen LogP contribution in [0.15, 0.2) is 6.20 Å². The Labute approximate surface area is 143 Å². The molecule has 0 aromatic carbocycles. The van der Waals surface area contributed by atoms with Crippen LogP contribution in [0.5, 0.6) is 0 Å². The fraction of sp³-hybridized carbons (Fsp3) is 0.714. The molecule has 1 aliphatic rings. The molecule has 11 heteroatoms. The molecule has 0 spiro atoms. The molecule has 1 fully saturated rings. The topological polar surface area (TPSA) is 167 Å². The first kappa shape index (κ1) is 19.4. The number of aliphatic hydroxyl groups excluding tert-OH is 4. The second kappa shape index (κ2) is 7.97. The van der Waals surface area contributed by atoms with Gasteiger partial charge in [0.1, 0.15) is 24.4 Å². The zero-order valence-corrected chi connectivity index (χ0v) is 13.8. The van der Waals surface area contributed by atoms with Crippen molar-refractivity contribution >= 4 is 11.7 Å². The summed E-state index contributed by atoms with van der Waals surface area (Å²) in [4.78, 5) is 22.7. The number of hydrogen-bond donors (Lipinski definition) is 5. The van der Waals surface area contributed by atoms with Crippen molar-refractivity contribution in [2.24, 2.45) is 0 Å². The SMILES string of the molecule is CC(=O)NC(Cc1cn([C@@H]2OC(CO)[C@@H](O)C(O)C2O)nn1)C(C)=O. The van der Waals surface area contributed by atoms with E-state index in [1.54, 1.807) is 0 Å². The van der Waals surface area contributed by atoms with E-state index in [1.165, 1.54) is 20.0 Å². The van der Waals surface area contributed by atoms with Gasteiger partial charge in [0.05, 0.1) is 24.5 Å². The molecule has 0 saturated carbocycles. The molecule has 1 aliphatic heterocycles. The summed E-state index contributed by atoms with van der Waals surface area (Å²) in [6.45, 7) is 2.07. The highest BCUT2D eigenvalue weighted by molar-refractivity contribution is 5.86. The quantitative estimate of drug-likeness (QED) is 0.353. The lowest BCUT2D eigenvalue weighted by atomic mass is 9.98. The average Bonchev–Trinajstić information content (AvgIpc) is 3.00. The molecule has 140 valence electrons. The predicted octanol–water partition coefficient (Wildman–Crippen LogP) is -3.11. The first-order chi connectivity index (χ1) is 11.7. The summed E-state index contributed by atoms with van der Waals surface area (Å²) in [6, 6.07) is -0.766. The van der Waals surface area contributed by atoms with Crippen molar-refractivity contribution in [1.29, 1.82) is 0 Å². The molecule has 0 bridgehead atoms. The molecule has 1 amide bonds. The first-order valence-electron chi connectivity index (χ1n) is 7.73. The number of hydrogen-bond acceptors (Lipinski definition) is 9. The maximum Gasteiger partial charge on any atom is 0.217 e. The van der Waals surface area contributed by atoms with Crippen LogP contribution in [0.4, 0.5) is 0 Å². The van der Waals surface area contributed by atoms with Crippen molar-refractivity contribution in [3.8, 4) is 0 Å². The molecule has 2 heterocycles. The summed E-state index contributed by atoms with van der Waals surface area (Å²) in [5.41, 5.74) is 0.353. The second-order valence-corrected chi connectivity index (χ2v) is 5.98. The molecule has 25 heavy (non-hydrogen) atoms. The molecule has 4 unspecified atom stereocenters. The molecule has 1 saturated heterocycles. The van der Waals surface area contributed by atoms with E-state index in [2.05, 4.69) is 15.6 Å². The Kier molecular flexibility index (Phi) is 6.19. The Morgan fingerprint density at radius 2 is 1.96 bits per heavy atom. The summed E-state index contributed by atoms with van der Waals surface area (Å²) in [5, 5.41) is 49.0. The summed E-state index contributed by atoms with van der Waals surface area (Å²) < 4.78 is 6.49. The van der Waals surface area contributed by atoms with Gasteiger partial charge in [0, 0.05) is 13.3 Å². The highest BCUT2D eigenvalue weighted by Crippen LogP contribution is 2.27. The van der Waals surface area contributed by atoms with Crippen molar-refractivity contribution in [2.75, 3.05) is 6.61 Å². The van der Waals surface area contributed by atoms with Crippen molar-refractivity contribution < 1.29 is 34.8 Å². The molecular weight excluding hydrogens is 336 g/mol. The van der Waals surface area contributed by atoms with E-state index in [-0.39, 0.29) is 18.1 Å². The standard InChI is InChI=1S/C14H22N4O7/c1-6(20)9(15-7(2)21)3-8-4-18(17-16-8)14-13(24)12(23)11(22)10(5-19)25-14/h4,9-14,19,22-24H,3,5H2,1-2H3,(H,15,21)/t9?,10?,11-,12?,13?,14-/m1/s1. The minimum Gasteiger partial charge on any atom is -0.394 e. The normalized spacial score (nSPS) is 30.7. The van der Waals surface area contributed by atoms with Crippen molar-refractivity contribution in [3.63, 3.8) is 0 Å². The number of rotatable bonds is 6. The van der Waals surface area contributed by atoms with Gasteiger partial charge in [-0.3, -0.25) is 9.59 Å². The minimum atomic E-state index is -1.53. The highest BCUT2D eigenvalue weighted by Gasteiger charge is 2.44. The molecule has 1 aromatic rings. The van der Waals surface area contributed by atoms with Crippen LogP contribution in [0.1, 0.15) is 25.8 Å². The van der Waals surface area contributed by atoms with Crippen LogP contribution in [0.25, 0.3) is 0 Å². The highest BCUT2D eigenvalue weighted by atomic mass is 16.6. The molecule has 11 nitrogen and oxygen atoms in total. The number of aliphatic hydroxyl groups is 4. The number of nitrogens with one attached hydrogen (secondary N) is 1. The maximum absolute atomic E-state index is 11.6. The zero-order chi connectivity index (χ0) is 18.7. The van der Waals surface area contributed by atoms with Crippen LogP contribution in [0.2, 0.25) is 0 Å². The van der Waals surface area contributed by atoms with Gasteiger partial charge in [-0.15, -0.1) is 5.10 Å². The second-order valence-electron chi connectivity index (χ2n) is 5.98. The lowest BCUT2D eigenvalue weighted by Gasteiger charge is -2.39. The lowest BCUT2D eigenvalue weighted by Crippen LogP contribution is -2.56. The lowest BCUT2D eigenvalue weighted by molar-refractivity contribution is -0.254. The van der Waals surface area contributed by atoms with Crippen molar-refractivity contribution in [1.82, 2.24) is 20.3 Å². The van der Waals surface area contributed by atoms with Gasteiger partial charge in [-0.25, -0.2) is 4.68 Å². The largest absolute Gasteiger partial charge is 0.394 e. The smallest absolute Gasteiger partial charge is 0.217 e. The molecule has 5 N–H and O–H groups in total. The van der Waals surface area contributed by atoms with E-state index in [0.717, 1.165) is 4.68 Å². The van der Waals surface area contributed by atoms with E-state index in [4.69, 9.17) is 4.74 Å². The molecule has 2 rings (SSSR count). The maximum atomic E-state index is 11.6. The molecular formula is C14H22N4O7. The van der Waals surface area contributed by atoms with Gasteiger partial charge >= 0.3 is 0 Å². The van der Waals surface area contributed by atoms with Gasteiger partial charge in [-0.1, -0.05) is 5.21 Å². The number of amides is 1. The summed E-state index contributed by atoms with van der Waals surface area (Å²) in [6.07, 6.45) is -5.26. The fourth-order valence-electron chi connectivity index (χ4n) is 2.58. The van der Waals surface area contributed by atoms with Gasteiger partial charge in [0.2, 0.25) is 5.91 Å². The summed E-state index contributed by atoms with van der Waals surface area (Å²) in [7, 11) is 0. The van der Waals surface area contributed by atoms with Crippen LogP contribution in [0.3, 0.4) is 0 Å². The predicted molar refractivity (Wildman–Crippen MR) is 81.0 cm³/mol. The van der Waals surface area contributed by atoms with Crippen molar-refractivity contribution in [3.05, 3.63) is 11.9 Å². The minimum absolute atomic E-state index is 0.0896. The Balaban J connectivity index is 2.14. The van der Waals surface area contributed by atoms with E-state index in [9.17, 15) is 30.0 Å². The summed E-state index contributed by atoms with van der Waals surface area (Å²) in [5.74, 6) is -0.612. The van der Waals surface area contributed by atoms with Crippen LogP contribution < -0.4 is 5.32 Å². The van der Waals surface area contributed by atoms with Gasteiger partial charge in [-0.05, 0) is 6.92 Å². The molecule has 1 aromatic heterocycles. The Bertz CT molecular complexity index is 620. The zero-order valence-electron chi connectivity index (χ0n) is 13.8. The fourth-order valence-corrected chi connectivity index (χ4v) is 2.58. The van der Waals surface area contributed by atoms with Gasteiger partial charge in [0.15, 0.2) is 12.0 Å². The van der Waals surface area contributed by atoms with Crippen LogP contribution in [-0.4, -0.2) is 84.2 Å². The van der Waals surface area contributed by atoms with E-state index >= 15 is 0 Å². The third-order valence-electron chi connectivity index (χ3n) is 3.97. The summed E-state index contributed by atoms with van der Waals surface area (Å²) >= 11 is 0. The van der Waals surface area contributed by atoms with Gasteiger partial charge < -0.3 is 30.5 Å². The Hall–Kier alpha value is -1.92. The molecule has 6 atom stereocenters. The third kappa shape index (κ3) is 4.38. The van der Waals surface area contributed by atoms with Gasteiger partial charge in [-0.2, -0.15) is 0 Å². The Morgan fingerprint density at radius 3 is 2.52 bits per heavy atom. The first-order valence-corrected chi connectivity index (χ1v) is 7.73.